The third-order valence-corrected chi connectivity index (χ3v) is 6.86. The molecule has 33 heavy (non-hydrogen) atoms. The molecule has 6 rings (SSSR count). The van der Waals surface area contributed by atoms with Gasteiger partial charge in [-0.2, -0.15) is 0 Å². The predicted molar refractivity (Wildman–Crippen MR) is 107 cm³/mol. The van der Waals surface area contributed by atoms with Crippen LogP contribution >= 0.6 is 11.6 Å². The molecule has 4 aliphatic carbocycles. The van der Waals surface area contributed by atoms with Crippen molar-refractivity contribution in [1.82, 2.24) is 15.5 Å². The van der Waals surface area contributed by atoms with Crippen molar-refractivity contribution < 1.29 is 37.0 Å². The Kier molecular flexibility index (Phi) is 5.33. The first-order chi connectivity index (χ1) is 15.6. The zero-order valence-electron chi connectivity index (χ0n) is 17.3. The number of nitrogens with one attached hydrogen (secondary N) is 1. The van der Waals surface area contributed by atoms with Gasteiger partial charge in [0.05, 0.1) is 18.1 Å². The second-order valence-electron chi connectivity index (χ2n) is 9.12. The lowest BCUT2D eigenvalue weighted by molar-refractivity contribution is -0.352. The number of alkyl halides is 3. The number of hydrogen-bond donors (Lipinski definition) is 2. The SMILES string of the molecule is O=C(NC12CC(c3nnc(C4CC(OC(F)(F)F)C4)o3)(C1)C2)[C@@H](CO)Oc1ccc(Cl)cc1. The van der Waals surface area contributed by atoms with Gasteiger partial charge in [0.25, 0.3) is 5.91 Å². The maximum atomic E-state index is 12.6. The van der Waals surface area contributed by atoms with Crippen LogP contribution in [0.2, 0.25) is 5.02 Å². The summed E-state index contributed by atoms with van der Waals surface area (Å²) < 4.78 is 52.1. The summed E-state index contributed by atoms with van der Waals surface area (Å²) in [5.41, 5.74) is -0.736. The molecular weight excluding hydrogens is 467 g/mol. The lowest BCUT2D eigenvalue weighted by Crippen LogP contribution is -2.77. The second kappa shape index (κ2) is 7.85. The molecule has 2 N–H and O–H groups in total. The number of ether oxygens (including phenoxy) is 2. The van der Waals surface area contributed by atoms with E-state index in [0.717, 1.165) is 0 Å². The van der Waals surface area contributed by atoms with Gasteiger partial charge in [-0.15, -0.1) is 23.4 Å². The molecule has 0 spiro atoms. The minimum Gasteiger partial charge on any atom is -0.478 e. The van der Waals surface area contributed by atoms with E-state index in [4.69, 9.17) is 20.8 Å². The summed E-state index contributed by atoms with van der Waals surface area (Å²) in [7, 11) is 0. The Bertz CT molecular complexity index is 1020. The van der Waals surface area contributed by atoms with Crippen molar-refractivity contribution in [2.24, 2.45) is 0 Å². The van der Waals surface area contributed by atoms with Crippen molar-refractivity contribution in [3.8, 4) is 5.75 Å². The molecule has 1 heterocycles. The minimum absolute atomic E-state index is 0.185. The first-order valence-corrected chi connectivity index (χ1v) is 10.9. The van der Waals surface area contributed by atoms with Gasteiger partial charge < -0.3 is 19.6 Å². The fourth-order valence-corrected chi connectivity index (χ4v) is 5.13. The third kappa shape index (κ3) is 4.29. The summed E-state index contributed by atoms with van der Waals surface area (Å²) in [6.45, 7) is -0.483. The van der Waals surface area contributed by atoms with E-state index >= 15 is 0 Å². The van der Waals surface area contributed by atoms with Crippen molar-refractivity contribution in [1.29, 1.82) is 0 Å². The number of nitrogens with zero attached hydrogens (tertiary/aromatic N) is 2. The van der Waals surface area contributed by atoms with Crippen LogP contribution < -0.4 is 10.1 Å². The Labute approximate surface area is 191 Å². The van der Waals surface area contributed by atoms with Gasteiger partial charge in [0.2, 0.25) is 11.8 Å². The highest BCUT2D eigenvalue weighted by atomic mass is 35.5. The van der Waals surface area contributed by atoms with E-state index < -0.39 is 36.6 Å². The summed E-state index contributed by atoms with van der Waals surface area (Å²) in [6, 6.07) is 6.47. The highest BCUT2D eigenvalue weighted by molar-refractivity contribution is 6.30. The highest BCUT2D eigenvalue weighted by Gasteiger charge is 2.72. The Hall–Kier alpha value is -2.37. The van der Waals surface area contributed by atoms with Crippen molar-refractivity contribution in [2.45, 2.75) is 67.5 Å². The van der Waals surface area contributed by atoms with E-state index in [1.807, 2.05) is 0 Å². The van der Waals surface area contributed by atoms with Crippen LogP contribution in [0.1, 0.15) is 49.8 Å². The van der Waals surface area contributed by atoms with Gasteiger partial charge in [-0.3, -0.25) is 9.53 Å². The molecule has 0 radical (unpaired) electrons. The number of benzene rings is 1. The fraction of sp³-hybridized carbons (Fsp3) is 0.571. The average molecular weight is 488 g/mol. The number of amides is 1. The molecule has 4 fully saturated rings. The Morgan fingerprint density at radius 3 is 2.52 bits per heavy atom. The van der Waals surface area contributed by atoms with E-state index in [2.05, 4.69) is 20.3 Å². The number of rotatable bonds is 8. The van der Waals surface area contributed by atoms with Crippen LogP contribution in [-0.2, 0) is 14.9 Å². The first kappa shape index (κ1) is 22.4. The number of carbonyl (C=O) groups excluding carboxylic acids is 1. The molecule has 0 saturated heterocycles. The molecule has 0 unspecified atom stereocenters. The van der Waals surface area contributed by atoms with Gasteiger partial charge >= 0.3 is 6.36 Å². The van der Waals surface area contributed by atoms with E-state index in [1.54, 1.807) is 24.3 Å². The number of aliphatic hydroxyl groups excluding tert-OH is 1. The molecule has 1 amide bonds. The molecule has 178 valence electrons. The highest BCUT2D eigenvalue weighted by Crippen LogP contribution is 2.67. The smallest absolute Gasteiger partial charge is 0.478 e. The standard InChI is InChI=1S/C21H21ClF3N3O5/c22-12-1-3-13(4-2-12)31-15(7-29)16(30)26-20-8-19(9-20,10-20)18-28-27-17(32-18)11-5-14(6-11)33-21(23,24)25/h1-4,11,14-15,29H,5-10H2,(H,26,30)/t11?,14?,15-,19?,20?/m1/s1. The fourth-order valence-electron chi connectivity index (χ4n) is 5.01. The number of aromatic nitrogens is 2. The van der Waals surface area contributed by atoms with E-state index in [0.29, 0.717) is 41.8 Å². The van der Waals surface area contributed by atoms with Crippen molar-refractivity contribution in [3.05, 3.63) is 41.1 Å². The van der Waals surface area contributed by atoms with Gasteiger partial charge in [-0.25, -0.2) is 0 Å². The largest absolute Gasteiger partial charge is 0.522 e. The van der Waals surface area contributed by atoms with Crippen LogP contribution in [0.15, 0.2) is 28.7 Å². The van der Waals surface area contributed by atoms with Gasteiger partial charge in [0, 0.05) is 16.5 Å². The monoisotopic (exact) mass is 487 g/mol. The van der Waals surface area contributed by atoms with Crippen LogP contribution in [0.4, 0.5) is 13.2 Å². The molecule has 1 aromatic carbocycles. The maximum absolute atomic E-state index is 12.6. The summed E-state index contributed by atoms with van der Waals surface area (Å²) in [6.07, 6.45) is -4.39. The van der Waals surface area contributed by atoms with Crippen molar-refractivity contribution in [3.63, 3.8) is 0 Å². The normalized spacial score (nSPS) is 31.1. The Balaban J connectivity index is 1.12. The molecule has 4 saturated carbocycles. The van der Waals surface area contributed by atoms with Crippen LogP contribution in [0.5, 0.6) is 5.75 Å². The third-order valence-electron chi connectivity index (χ3n) is 6.61. The predicted octanol–water partition coefficient (Wildman–Crippen LogP) is 3.24. The minimum atomic E-state index is -4.64. The number of aliphatic hydroxyl groups is 1. The Morgan fingerprint density at radius 1 is 1.24 bits per heavy atom. The lowest BCUT2D eigenvalue weighted by atomic mass is 9.39. The maximum Gasteiger partial charge on any atom is 0.522 e. The summed E-state index contributed by atoms with van der Waals surface area (Å²) in [4.78, 5) is 12.6. The van der Waals surface area contributed by atoms with Gasteiger partial charge in [-0.05, 0) is 56.4 Å². The molecule has 2 bridgehead atoms. The zero-order chi connectivity index (χ0) is 23.4. The van der Waals surface area contributed by atoms with Crippen molar-refractivity contribution >= 4 is 17.5 Å². The molecular formula is C21H21ClF3N3O5. The quantitative estimate of drug-likeness (QED) is 0.588. The molecule has 4 aliphatic rings. The zero-order valence-corrected chi connectivity index (χ0v) is 18.0. The molecule has 2 aromatic rings. The number of halogens is 4. The summed E-state index contributed by atoms with van der Waals surface area (Å²) >= 11 is 5.84. The topological polar surface area (TPSA) is 107 Å². The molecule has 12 heteroatoms. The van der Waals surface area contributed by atoms with Crippen LogP contribution in [0.3, 0.4) is 0 Å². The van der Waals surface area contributed by atoms with E-state index in [-0.39, 0.29) is 24.2 Å². The lowest BCUT2D eigenvalue weighted by Gasteiger charge is -2.68. The van der Waals surface area contributed by atoms with Crippen LogP contribution in [0.25, 0.3) is 0 Å². The second-order valence-corrected chi connectivity index (χ2v) is 9.56. The molecule has 1 atom stereocenters. The van der Waals surface area contributed by atoms with Crippen molar-refractivity contribution in [2.75, 3.05) is 6.61 Å². The Morgan fingerprint density at radius 2 is 1.91 bits per heavy atom. The van der Waals surface area contributed by atoms with E-state index in [9.17, 15) is 23.1 Å². The summed E-state index contributed by atoms with van der Waals surface area (Å²) in [5.74, 6) is 0.531. The first-order valence-electron chi connectivity index (χ1n) is 10.5. The van der Waals surface area contributed by atoms with Gasteiger partial charge in [-0.1, -0.05) is 11.6 Å². The number of hydrogen-bond acceptors (Lipinski definition) is 7. The average Bonchev–Trinajstić information content (AvgIpc) is 3.13. The van der Waals surface area contributed by atoms with Crippen LogP contribution in [-0.4, -0.2) is 51.9 Å². The molecule has 1 aromatic heterocycles. The molecule has 8 nitrogen and oxygen atoms in total. The van der Waals surface area contributed by atoms with Gasteiger partial charge in [0.1, 0.15) is 5.75 Å². The van der Waals surface area contributed by atoms with E-state index in [1.165, 1.54) is 0 Å². The van der Waals surface area contributed by atoms with Gasteiger partial charge in [0.15, 0.2) is 6.10 Å². The molecule has 0 aliphatic heterocycles. The van der Waals surface area contributed by atoms with Crippen LogP contribution in [0, 0.1) is 0 Å². The summed E-state index contributed by atoms with van der Waals surface area (Å²) in [5, 5.41) is 21.2. The number of carbonyl (C=O) groups is 1.